The Kier molecular flexibility index (Phi) is 13.6. The van der Waals surface area contributed by atoms with E-state index in [9.17, 15) is 24.2 Å². The first kappa shape index (κ1) is 41.7. The Labute approximate surface area is 350 Å². The number of aliphatic hydroxyl groups excluding tert-OH is 1. The van der Waals surface area contributed by atoms with Gasteiger partial charge in [0, 0.05) is 24.9 Å². The number of benzene rings is 6. The number of amides is 3. The number of nitrogens with zero attached hydrogens (tertiary/aromatic N) is 2. The predicted molar refractivity (Wildman–Crippen MR) is 232 cm³/mol. The molecule has 0 aliphatic carbocycles. The van der Waals surface area contributed by atoms with Crippen LogP contribution in [0.2, 0.25) is 0 Å². The number of rotatable bonds is 18. The number of aliphatic hydroxyl groups is 1. The molecule has 0 spiro atoms. The molecule has 0 bridgehead atoms. The van der Waals surface area contributed by atoms with Crippen LogP contribution in [0.1, 0.15) is 56.3 Å². The first-order valence-corrected chi connectivity index (χ1v) is 21.7. The molecule has 6 aromatic carbocycles. The van der Waals surface area contributed by atoms with Gasteiger partial charge in [-0.3, -0.25) is 18.8 Å². The third-order valence-electron chi connectivity index (χ3n) is 10.5. The van der Waals surface area contributed by atoms with E-state index in [4.69, 9.17) is 15.0 Å². The number of nitrogens with two attached hydrogens (primary N) is 1. The molecule has 4 N–H and O–H groups in total. The van der Waals surface area contributed by atoms with Gasteiger partial charge in [0.1, 0.15) is 11.5 Å². The number of hydrogen-bond acceptors (Lipinski definition) is 6. The van der Waals surface area contributed by atoms with E-state index in [-0.39, 0.29) is 24.9 Å². The summed E-state index contributed by atoms with van der Waals surface area (Å²) in [7, 11) is -4.28. The van der Waals surface area contributed by atoms with Gasteiger partial charge in [-0.2, -0.15) is 0 Å². The molecule has 3 unspecified atom stereocenters. The molecule has 3 atom stereocenters. The molecule has 3 amide bonds. The summed E-state index contributed by atoms with van der Waals surface area (Å²) in [6.45, 7) is 0.174. The summed E-state index contributed by atoms with van der Waals surface area (Å²) in [5.74, 6) is -0.186. The normalized spacial score (nSPS) is 15.7. The van der Waals surface area contributed by atoms with E-state index in [0.717, 1.165) is 22.3 Å². The molecule has 0 radical (unpaired) electrons. The lowest BCUT2D eigenvalue weighted by molar-refractivity contribution is 0.0999. The summed E-state index contributed by atoms with van der Waals surface area (Å²) in [5.41, 5.74) is 11.5. The van der Waals surface area contributed by atoms with E-state index in [1.165, 1.54) is 0 Å². The highest BCUT2D eigenvalue weighted by atomic mass is 31.2. The van der Waals surface area contributed by atoms with Crippen molar-refractivity contribution in [2.75, 3.05) is 6.35 Å². The van der Waals surface area contributed by atoms with E-state index in [2.05, 4.69) is 0 Å². The standard InChI is InChI=1S/C49H48N3O7P/c50-48(54)42-25-13-21-39(29-42)33-52-45(31-37-17-7-2-8-18-37)47(53)44(28-27-36-15-5-1-6-16-36)51(49(52)55)34-40-22-14-26-43(30-40)58-35-60(56,57)59-46(41-23-11-4-12-24-41)32-38-19-9-3-10-20-38/h1-26,29-30,45-46,53H,27-28,31-35H2,(H2,50,54)(H,56,57). The van der Waals surface area contributed by atoms with Gasteiger partial charge in [-0.15, -0.1) is 0 Å². The summed E-state index contributed by atoms with van der Waals surface area (Å²) >= 11 is 0. The van der Waals surface area contributed by atoms with Crippen LogP contribution in [0, 0.1) is 0 Å². The molecule has 10 nitrogen and oxygen atoms in total. The van der Waals surface area contributed by atoms with Crippen LogP contribution < -0.4 is 10.5 Å². The van der Waals surface area contributed by atoms with Crippen molar-refractivity contribution >= 4 is 19.5 Å². The van der Waals surface area contributed by atoms with Gasteiger partial charge < -0.3 is 25.4 Å². The van der Waals surface area contributed by atoms with Gasteiger partial charge in [0.25, 0.3) is 0 Å². The zero-order chi connectivity index (χ0) is 41.9. The molecule has 1 aliphatic rings. The summed E-state index contributed by atoms with van der Waals surface area (Å²) in [4.78, 5) is 41.3. The Morgan fingerprint density at radius 1 is 0.683 bits per heavy atom. The number of aryl methyl sites for hydroxylation is 1. The molecule has 0 fully saturated rings. The third-order valence-corrected chi connectivity index (χ3v) is 11.5. The molecule has 1 heterocycles. The topological polar surface area (TPSA) is 143 Å². The minimum absolute atomic E-state index is 0.0700. The van der Waals surface area contributed by atoms with Gasteiger partial charge in [0.2, 0.25) is 5.91 Å². The quantitative estimate of drug-likeness (QED) is 0.0733. The van der Waals surface area contributed by atoms with E-state index < -0.39 is 32.0 Å². The maximum Gasteiger partial charge on any atom is 0.365 e. The van der Waals surface area contributed by atoms with Crippen molar-refractivity contribution in [3.8, 4) is 5.75 Å². The van der Waals surface area contributed by atoms with Gasteiger partial charge in [-0.1, -0.05) is 146 Å². The van der Waals surface area contributed by atoms with Crippen molar-refractivity contribution in [3.05, 3.63) is 220 Å². The molecule has 0 saturated carbocycles. The van der Waals surface area contributed by atoms with Crippen LogP contribution in [0.5, 0.6) is 5.75 Å². The second kappa shape index (κ2) is 19.5. The van der Waals surface area contributed by atoms with Gasteiger partial charge in [0.05, 0.1) is 24.4 Å². The zero-order valence-electron chi connectivity index (χ0n) is 33.1. The van der Waals surface area contributed by atoms with Gasteiger partial charge in [-0.05, 0) is 70.5 Å². The summed E-state index contributed by atoms with van der Waals surface area (Å²) in [5, 5.41) is 12.3. The molecule has 11 heteroatoms. The predicted octanol–water partition coefficient (Wildman–Crippen LogP) is 9.76. The largest absolute Gasteiger partial charge is 0.508 e. The van der Waals surface area contributed by atoms with Crippen LogP contribution in [-0.4, -0.2) is 44.1 Å². The highest BCUT2D eigenvalue weighted by molar-refractivity contribution is 7.52. The number of carbonyl (C=O) groups excluding carboxylic acids is 2. The average Bonchev–Trinajstić information content (AvgIpc) is 3.27. The monoisotopic (exact) mass is 821 g/mol. The van der Waals surface area contributed by atoms with Crippen LogP contribution in [0.15, 0.2) is 181 Å². The Morgan fingerprint density at radius 2 is 1.25 bits per heavy atom. The maximum absolute atomic E-state index is 14.9. The van der Waals surface area contributed by atoms with E-state index in [1.54, 1.807) is 46.2 Å². The van der Waals surface area contributed by atoms with Crippen molar-refractivity contribution in [2.24, 2.45) is 5.73 Å². The Bertz CT molecular complexity index is 2450. The Balaban J connectivity index is 1.15. The lowest BCUT2D eigenvalue weighted by Crippen LogP contribution is -2.53. The van der Waals surface area contributed by atoms with Gasteiger partial charge in [0.15, 0.2) is 6.35 Å². The van der Waals surface area contributed by atoms with E-state index >= 15 is 0 Å². The Hall–Kier alpha value is -6.45. The second-order valence-electron chi connectivity index (χ2n) is 14.8. The van der Waals surface area contributed by atoms with Crippen molar-refractivity contribution in [2.45, 2.75) is 50.9 Å². The zero-order valence-corrected chi connectivity index (χ0v) is 34.0. The molecule has 306 valence electrons. The lowest BCUT2D eigenvalue weighted by atomic mass is 9.96. The maximum atomic E-state index is 14.9. The molecular formula is C49H48N3O7P. The molecular weight excluding hydrogens is 774 g/mol. The van der Waals surface area contributed by atoms with Crippen molar-refractivity contribution < 1.29 is 33.4 Å². The summed E-state index contributed by atoms with van der Waals surface area (Å²) in [6.07, 6.45) is 0.419. The number of primary amides is 1. The smallest absolute Gasteiger partial charge is 0.365 e. The fraction of sp³-hybridized carbons (Fsp3) is 0.184. The van der Waals surface area contributed by atoms with Crippen LogP contribution in [-0.2, 0) is 41.4 Å². The second-order valence-corrected chi connectivity index (χ2v) is 16.6. The number of allylic oxidation sites excluding steroid dienone is 1. The van der Waals surface area contributed by atoms with Crippen LogP contribution in [0.4, 0.5) is 4.79 Å². The average molecular weight is 822 g/mol. The number of ether oxygens (including phenoxy) is 1. The first-order valence-electron chi connectivity index (χ1n) is 19.9. The molecule has 1 aliphatic heterocycles. The highest BCUT2D eigenvalue weighted by Gasteiger charge is 2.40. The number of hydrogen-bond donors (Lipinski definition) is 3. The fourth-order valence-electron chi connectivity index (χ4n) is 7.47. The number of urea groups is 1. The minimum Gasteiger partial charge on any atom is -0.508 e. The first-order chi connectivity index (χ1) is 29.1. The van der Waals surface area contributed by atoms with Crippen molar-refractivity contribution in [1.29, 1.82) is 0 Å². The van der Waals surface area contributed by atoms with Crippen LogP contribution in [0.3, 0.4) is 0 Å². The fourth-order valence-corrected chi connectivity index (χ4v) is 8.44. The Morgan fingerprint density at radius 3 is 1.90 bits per heavy atom. The minimum atomic E-state index is -4.28. The van der Waals surface area contributed by atoms with Gasteiger partial charge >= 0.3 is 13.6 Å². The molecule has 6 aromatic rings. The summed E-state index contributed by atoms with van der Waals surface area (Å²) < 4.78 is 25.4. The van der Waals surface area contributed by atoms with E-state index in [0.29, 0.717) is 53.8 Å². The van der Waals surface area contributed by atoms with Crippen LogP contribution in [0.25, 0.3) is 0 Å². The molecule has 0 saturated heterocycles. The highest BCUT2D eigenvalue weighted by Crippen LogP contribution is 2.48. The third kappa shape index (κ3) is 11.0. The molecule has 60 heavy (non-hydrogen) atoms. The summed E-state index contributed by atoms with van der Waals surface area (Å²) in [6, 6.07) is 51.4. The van der Waals surface area contributed by atoms with E-state index in [1.807, 2.05) is 133 Å². The molecule has 7 rings (SSSR count). The van der Waals surface area contributed by atoms with Gasteiger partial charge in [-0.25, -0.2) is 4.79 Å². The van der Waals surface area contributed by atoms with Crippen LogP contribution >= 0.6 is 7.60 Å². The van der Waals surface area contributed by atoms with Crippen molar-refractivity contribution in [1.82, 2.24) is 9.80 Å². The lowest BCUT2D eigenvalue weighted by Gasteiger charge is -2.42. The SMILES string of the molecule is NC(=O)c1cccc(CN2C(=O)N(Cc3cccc(OCP(=O)(O)OC(Cc4ccccc4)c4ccccc4)c3)C(CCc3ccccc3)=C(O)C2Cc2ccccc2)c1. The number of carbonyl (C=O) groups is 2. The molecule has 0 aromatic heterocycles. The van der Waals surface area contributed by atoms with Crippen molar-refractivity contribution in [3.63, 3.8) is 0 Å².